The average Bonchev–Trinajstić information content (AvgIpc) is 3.50. The Morgan fingerprint density at radius 2 is 1.46 bits per heavy atom. The predicted octanol–water partition coefficient (Wildman–Crippen LogP) is 5.68. The van der Waals surface area contributed by atoms with Gasteiger partial charge in [0.15, 0.2) is 11.6 Å². The first-order chi connectivity index (χ1) is 27.7. The number of allylic oxidation sites excluding steroid dienone is 4. The SMILES string of the molecule is O=C1C(c2ccccc2)=CC(=O)C2(c3ccccc3)C1CC1C(=CCC3C(=O)N(c4cccc(B(O)O)c4)C(=O)C31)C2c1ccc(OCc2ccccc2)cc1O. The number of aromatic hydroxyl groups is 1. The first-order valence-corrected chi connectivity index (χ1v) is 19.1. The molecule has 3 N–H and O–H groups in total. The number of amides is 2. The summed E-state index contributed by atoms with van der Waals surface area (Å²) in [5, 5.41) is 31.8. The zero-order chi connectivity index (χ0) is 39.4. The topological polar surface area (TPSA) is 141 Å². The first-order valence-electron chi connectivity index (χ1n) is 19.1. The number of carbonyl (C=O) groups is 4. The second-order valence-electron chi connectivity index (χ2n) is 15.3. The number of nitrogens with zero attached hydrogens (tertiary/aromatic N) is 1. The van der Waals surface area contributed by atoms with Gasteiger partial charge in [0.1, 0.15) is 18.1 Å². The maximum absolute atomic E-state index is 15.3. The minimum atomic E-state index is -1.80. The number of benzene rings is 5. The van der Waals surface area contributed by atoms with Crippen molar-refractivity contribution in [3.05, 3.63) is 173 Å². The fourth-order valence-electron chi connectivity index (χ4n) is 9.90. The number of Topliss-reactive ketones (excluding diaryl/α,β-unsaturated/α-hetero) is 1. The molecule has 9 rings (SSSR count). The molecule has 0 bridgehead atoms. The summed E-state index contributed by atoms with van der Waals surface area (Å²) in [6, 6.07) is 38.9. The van der Waals surface area contributed by atoms with Crippen LogP contribution in [0.15, 0.2) is 151 Å². The van der Waals surface area contributed by atoms with Crippen molar-refractivity contribution in [3.63, 3.8) is 0 Å². The number of phenols is 1. The maximum Gasteiger partial charge on any atom is 0.488 e. The number of hydrogen-bond acceptors (Lipinski definition) is 8. The Hall–Kier alpha value is -6.36. The lowest BCUT2D eigenvalue weighted by atomic mass is 9.44. The van der Waals surface area contributed by atoms with E-state index in [1.807, 2.05) is 84.9 Å². The fourth-order valence-corrected chi connectivity index (χ4v) is 9.90. The normalized spacial score (nSPS) is 25.2. The van der Waals surface area contributed by atoms with Gasteiger partial charge in [0.2, 0.25) is 11.8 Å². The highest BCUT2D eigenvalue weighted by Gasteiger charge is 2.66. The van der Waals surface area contributed by atoms with Crippen molar-refractivity contribution < 1.29 is 39.1 Å². The summed E-state index contributed by atoms with van der Waals surface area (Å²) in [6.07, 6.45) is 3.68. The van der Waals surface area contributed by atoms with Gasteiger partial charge in [0.05, 0.1) is 22.9 Å². The second-order valence-corrected chi connectivity index (χ2v) is 15.3. The minimum Gasteiger partial charge on any atom is -0.508 e. The van der Waals surface area contributed by atoms with Crippen LogP contribution in [0.1, 0.15) is 41.0 Å². The van der Waals surface area contributed by atoms with E-state index in [1.165, 1.54) is 24.3 Å². The highest BCUT2D eigenvalue weighted by atomic mass is 16.5. The van der Waals surface area contributed by atoms with E-state index in [1.54, 1.807) is 36.4 Å². The van der Waals surface area contributed by atoms with Crippen LogP contribution in [-0.2, 0) is 31.2 Å². The summed E-state index contributed by atoms with van der Waals surface area (Å²) in [7, 11) is -1.80. The van der Waals surface area contributed by atoms with Gasteiger partial charge >= 0.3 is 7.12 Å². The third-order valence-corrected chi connectivity index (χ3v) is 12.4. The average molecular weight is 756 g/mol. The van der Waals surface area contributed by atoms with E-state index < -0.39 is 53.9 Å². The summed E-state index contributed by atoms with van der Waals surface area (Å²) >= 11 is 0. The molecule has 0 aromatic heterocycles. The molecule has 0 spiro atoms. The van der Waals surface area contributed by atoms with Crippen LogP contribution < -0.4 is 15.1 Å². The summed E-state index contributed by atoms with van der Waals surface area (Å²) in [5.74, 6) is -5.28. The molecule has 10 heteroatoms. The third kappa shape index (κ3) is 5.86. The summed E-state index contributed by atoms with van der Waals surface area (Å²) in [6.45, 7) is 0.266. The standard InChI is InChI=1S/C47H38BNO8/c50-40-24-33(57-27-28-11-4-1-5-12-28)19-20-35(40)43-34-21-22-36-42(46(54)49(45(36)53)32-18-10-17-31(23-32)48(55)56)38(34)25-39-44(52)37(29-13-6-2-7-14-29)26-41(51)47(39,43)30-15-8-3-9-16-30/h1-21,23-24,26,36,38-39,42-43,50,55-56H,22,25,27H2. The first kappa shape index (κ1) is 36.3. The van der Waals surface area contributed by atoms with E-state index in [0.29, 0.717) is 28.0 Å². The highest BCUT2D eigenvalue weighted by Crippen LogP contribution is 2.64. The molecule has 57 heavy (non-hydrogen) atoms. The van der Waals surface area contributed by atoms with Crippen molar-refractivity contribution in [1.82, 2.24) is 0 Å². The number of ether oxygens (including phenoxy) is 1. The van der Waals surface area contributed by atoms with Gasteiger partial charge in [-0.15, -0.1) is 0 Å². The van der Waals surface area contributed by atoms with Gasteiger partial charge in [-0.1, -0.05) is 121 Å². The molecular weight excluding hydrogens is 717 g/mol. The van der Waals surface area contributed by atoms with Crippen LogP contribution in [0.3, 0.4) is 0 Å². The number of ketones is 2. The van der Waals surface area contributed by atoms with Crippen molar-refractivity contribution in [2.75, 3.05) is 4.90 Å². The molecule has 9 nitrogen and oxygen atoms in total. The number of rotatable bonds is 8. The second kappa shape index (κ2) is 14.3. The molecule has 6 atom stereocenters. The summed E-state index contributed by atoms with van der Waals surface area (Å²) in [5.41, 5.74) is 2.40. The maximum atomic E-state index is 15.3. The van der Waals surface area contributed by atoms with E-state index in [0.717, 1.165) is 10.5 Å². The Kier molecular flexibility index (Phi) is 9.10. The van der Waals surface area contributed by atoms with Crippen LogP contribution in [0, 0.1) is 23.7 Å². The van der Waals surface area contributed by atoms with E-state index in [2.05, 4.69) is 0 Å². The van der Waals surface area contributed by atoms with Crippen molar-refractivity contribution in [2.24, 2.45) is 23.7 Å². The van der Waals surface area contributed by atoms with E-state index in [4.69, 9.17) is 4.74 Å². The Bertz CT molecular complexity index is 2480. The highest BCUT2D eigenvalue weighted by molar-refractivity contribution is 6.58. The molecule has 1 saturated carbocycles. The van der Waals surface area contributed by atoms with Crippen LogP contribution in [-0.4, -0.2) is 45.7 Å². The molecule has 3 aliphatic carbocycles. The molecule has 0 radical (unpaired) electrons. The van der Waals surface area contributed by atoms with Crippen LogP contribution in [0.2, 0.25) is 0 Å². The quantitative estimate of drug-likeness (QED) is 0.104. The van der Waals surface area contributed by atoms with Gasteiger partial charge in [-0.2, -0.15) is 0 Å². The molecule has 282 valence electrons. The minimum absolute atomic E-state index is 0.106. The van der Waals surface area contributed by atoms with Crippen LogP contribution in [0.4, 0.5) is 5.69 Å². The van der Waals surface area contributed by atoms with Crippen LogP contribution in [0.25, 0.3) is 5.57 Å². The van der Waals surface area contributed by atoms with Crippen LogP contribution >= 0.6 is 0 Å². The number of hydrogen-bond donors (Lipinski definition) is 3. The summed E-state index contributed by atoms with van der Waals surface area (Å²) < 4.78 is 6.07. The number of anilines is 1. The Labute approximate surface area is 329 Å². The van der Waals surface area contributed by atoms with Crippen molar-refractivity contribution in [1.29, 1.82) is 0 Å². The zero-order valence-corrected chi connectivity index (χ0v) is 30.8. The van der Waals surface area contributed by atoms with E-state index in [9.17, 15) is 24.7 Å². The Balaban J connectivity index is 1.21. The molecule has 2 amide bonds. The Morgan fingerprint density at radius 3 is 2.16 bits per heavy atom. The monoisotopic (exact) mass is 755 g/mol. The Morgan fingerprint density at radius 1 is 0.754 bits per heavy atom. The number of fused-ring (bicyclic) bond motifs is 4. The molecule has 4 aliphatic rings. The molecular formula is C47H38BNO8. The van der Waals surface area contributed by atoms with Gasteiger partial charge in [-0.25, -0.2) is 0 Å². The van der Waals surface area contributed by atoms with E-state index >= 15 is 9.59 Å². The molecule has 2 fully saturated rings. The molecule has 5 aromatic rings. The number of phenolic OH excluding ortho intramolecular Hbond substituents is 1. The predicted molar refractivity (Wildman–Crippen MR) is 214 cm³/mol. The number of imide groups is 1. The number of carbonyl (C=O) groups excluding carboxylic acids is 4. The summed E-state index contributed by atoms with van der Waals surface area (Å²) in [4.78, 5) is 60.5. The molecule has 5 aromatic carbocycles. The molecule has 1 aliphatic heterocycles. The fraction of sp³-hybridized carbons (Fsp3) is 0.191. The lowest BCUT2D eigenvalue weighted by molar-refractivity contribution is -0.135. The lowest BCUT2D eigenvalue weighted by Crippen LogP contribution is -2.58. The lowest BCUT2D eigenvalue weighted by Gasteiger charge is -2.55. The van der Waals surface area contributed by atoms with Crippen molar-refractivity contribution in [3.8, 4) is 11.5 Å². The zero-order valence-electron chi connectivity index (χ0n) is 30.8. The van der Waals surface area contributed by atoms with E-state index in [-0.39, 0.29) is 53.5 Å². The van der Waals surface area contributed by atoms with Gasteiger partial charge in [0, 0.05) is 29.0 Å². The van der Waals surface area contributed by atoms with Crippen molar-refractivity contribution in [2.45, 2.75) is 30.8 Å². The smallest absolute Gasteiger partial charge is 0.488 e. The van der Waals surface area contributed by atoms with Gasteiger partial charge < -0.3 is 19.9 Å². The van der Waals surface area contributed by atoms with Gasteiger partial charge in [-0.3, -0.25) is 24.1 Å². The van der Waals surface area contributed by atoms with Gasteiger partial charge in [-0.05, 0) is 65.2 Å². The molecule has 1 heterocycles. The van der Waals surface area contributed by atoms with Gasteiger partial charge in [0.25, 0.3) is 0 Å². The largest absolute Gasteiger partial charge is 0.508 e. The third-order valence-electron chi connectivity index (χ3n) is 12.4. The van der Waals surface area contributed by atoms with Crippen molar-refractivity contribution >= 4 is 47.2 Å². The van der Waals surface area contributed by atoms with Crippen LogP contribution in [0.5, 0.6) is 11.5 Å². The molecule has 6 unspecified atom stereocenters. The molecule has 1 saturated heterocycles.